The molecule has 0 aliphatic rings. The number of hydrogen-bond donors (Lipinski definition) is 1. The highest BCUT2D eigenvalue weighted by Gasteiger charge is 2.09. The van der Waals surface area contributed by atoms with E-state index in [1.807, 2.05) is 12.1 Å². The van der Waals surface area contributed by atoms with Crippen molar-refractivity contribution in [3.8, 4) is 11.7 Å². The molecule has 0 unspecified atom stereocenters. The molecule has 0 aliphatic carbocycles. The first kappa shape index (κ1) is 10.8. The van der Waals surface area contributed by atoms with Gasteiger partial charge >= 0.3 is 5.97 Å². The fourth-order valence-electron chi connectivity index (χ4n) is 1.11. The molecule has 0 aliphatic heterocycles. The zero-order valence-electron chi connectivity index (χ0n) is 8.01. The lowest BCUT2D eigenvalue weighted by molar-refractivity contribution is 0.0657. The average molecular weight is 283 g/mol. The zero-order valence-corrected chi connectivity index (χ0v) is 9.60. The monoisotopic (exact) mass is 282 g/mol. The van der Waals surface area contributed by atoms with Crippen LogP contribution in [0.15, 0.2) is 45.3 Å². The van der Waals surface area contributed by atoms with Gasteiger partial charge in [-0.1, -0.05) is 15.9 Å². The number of aromatic carboxylic acids is 1. The Hall–Kier alpha value is -1.75. The number of furan rings is 1. The molecule has 16 heavy (non-hydrogen) atoms. The highest BCUT2D eigenvalue weighted by Crippen LogP contribution is 2.24. The first-order valence-electron chi connectivity index (χ1n) is 4.42. The minimum atomic E-state index is -1.12. The van der Waals surface area contributed by atoms with Crippen molar-refractivity contribution in [3.63, 3.8) is 0 Å². The number of carboxylic acids is 1. The number of hydrogen-bond acceptors (Lipinski definition) is 3. The van der Waals surface area contributed by atoms with Crippen LogP contribution in [-0.2, 0) is 0 Å². The molecule has 0 atom stereocenters. The van der Waals surface area contributed by atoms with Crippen LogP contribution in [0.4, 0.5) is 0 Å². The Morgan fingerprint density at radius 3 is 2.44 bits per heavy atom. The van der Waals surface area contributed by atoms with Crippen molar-refractivity contribution >= 4 is 21.9 Å². The minimum Gasteiger partial charge on any atom is -0.475 e. The molecule has 4 nitrogen and oxygen atoms in total. The maximum atomic E-state index is 10.6. The Kier molecular flexibility index (Phi) is 2.96. The standard InChI is InChI=1S/C11H7BrO4/c12-7-1-3-8(4-2-7)15-10-6-5-9(16-10)11(13)14/h1-6H,(H,13,14). The van der Waals surface area contributed by atoms with Gasteiger partial charge in [0.25, 0.3) is 5.95 Å². The van der Waals surface area contributed by atoms with E-state index >= 15 is 0 Å². The number of halogens is 1. The summed E-state index contributed by atoms with van der Waals surface area (Å²) >= 11 is 3.30. The lowest BCUT2D eigenvalue weighted by atomic mass is 10.3. The molecule has 0 radical (unpaired) electrons. The Balaban J connectivity index is 2.14. The number of carbonyl (C=O) groups is 1. The predicted molar refractivity (Wildman–Crippen MR) is 59.9 cm³/mol. The lowest BCUT2D eigenvalue weighted by Gasteiger charge is -2.00. The molecule has 1 heterocycles. The predicted octanol–water partition coefficient (Wildman–Crippen LogP) is 3.53. The SMILES string of the molecule is O=C(O)c1ccc(Oc2ccc(Br)cc2)o1. The van der Waals surface area contributed by atoms with Crippen molar-refractivity contribution in [2.75, 3.05) is 0 Å². The minimum absolute atomic E-state index is 0.146. The summed E-state index contributed by atoms with van der Waals surface area (Å²) in [7, 11) is 0. The van der Waals surface area contributed by atoms with Crippen LogP contribution in [0.5, 0.6) is 11.7 Å². The van der Waals surface area contributed by atoms with Crippen molar-refractivity contribution in [1.82, 2.24) is 0 Å². The second-order valence-corrected chi connectivity index (χ2v) is 3.90. The largest absolute Gasteiger partial charge is 0.475 e. The van der Waals surface area contributed by atoms with Gasteiger partial charge < -0.3 is 14.3 Å². The van der Waals surface area contributed by atoms with E-state index in [9.17, 15) is 4.79 Å². The number of rotatable bonds is 3. The van der Waals surface area contributed by atoms with Crippen molar-refractivity contribution < 1.29 is 19.1 Å². The molecule has 1 aromatic heterocycles. The molecule has 0 bridgehead atoms. The quantitative estimate of drug-likeness (QED) is 0.936. The molecule has 0 spiro atoms. The van der Waals surface area contributed by atoms with Gasteiger partial charge in [0.1, 0.15) is 5.75 Å². The van der Waals surface area contributed by atoms with Gasteiger partial charge in [0.15, 0.2) is 0 Å². The third-order valence-corrected chi connectivity index (χ3v) is 2.35. The van der Waals surface area contributed by atoms with Crippen LogP contribution >= 0.6 is 15.9 Å². The maximum absolute atomic E-state index is 10.6. The highest BCUT2D eigenvalue weighted by molar-refractivity contribution is 9.10. The van der Waals surface area contributed by atoms with Crippen LogP contribution in [0, 0.1) is 0 Å². The molecule has 0 saturated heterocycles. The smallest absolute Gasteiger partial charge is 0.371 e. The average Bonchev–Trinajstić information content (AvgIpc) is 2.70. The molecule has 5 heteroatoms. The second-order valence-electron chi connectivity index (χ2n) is 2.98. The molecule has 82 valence electrons. The summed E-state index contributed by atoms with van der Waals surface area (Å²) in [6.07, 6.45) is 0. The van der Waals surface area contributed by atoms with E-state index in [0.717, 1.165) is 4.47 Å². The summed E-state index contributed by atoms with van der Waals surface area (Å²) in [5, 5.41) is 8.65. The van der Waals surface area contributed by atoms with Crippen LogP contribution in [-0.4, -0.2) is 11.1 Å². The van der Waals surface area contributed by atoms with E-state index in [1.165, 1.54) is 12.1 Å². The first-order valence-corrected chi connectivity index (χ1v) is 5.21. The van der Waals surface area contributed by atoms with Crippen LogP contribution in [0.3, 0.4) is 0 Å². The Morgan fingerprint density at radius 2 is 1.88 bits per heavy atom. The Bertz CT molecular complexity index is 501. The van der Waals surface area contributed by atoms with Gasteiger partial charge in [-0.15, -0.1) is 0 Å². The lowest BCUT2D eigenvalue weighted by Crippen LogP contribution is -1.91. The van der Waals surface area contributed by atoms with Gasteiger partial charge in [-0.2, -0.15) is 0 Å². The van der Waals surface area contributed by atoms with Crippen molar-refractivity contribution in [2.45, 2.75) is 0 Å². The normalized spacial score (nSPS) is 10.1. The molecule has 1 N–H and O–H groups in total. The number of ether oxygens (including phenoxy) is 1. The molecule has 2 rings (SSSR count). The van der Waals surface area contributed by atoms with Gasteiger partial charge in [0.05, 0.1) is 0 Å². The third kappa shape index (κ3) is 2.43. The van der Waals surface area contributed by atoms with E-state index in [0.29, 0.717) is 5.75 Å². The number of benzene rings is 1. The molecule has 0 saturated carbocycles. The van der Waals surface area contributed by atoms with Crippen LogP contribution in [0.25, 0.3) is 0 Å². The fraction of sp³-hybridized carbons (Fsp3) is 0. The fourth-order valence-corrected chi connectivity index (χ4v) is 1.37. The summed E-state index contributed by atoms with van der Waals surface area (Å²) in [4.78, 5) is 10.6. The number of carboxylic acid groups (broad SMARTS) is 1. The summed E-state index contributed by atoms with van der Waals surface area (Å²) < 4.78 is 11.2. The summed E-state index contributed by atoms with van der Waals surface area (Å²) in [6, 6.07) is 9.93. The van der Waals surface area contributed by atoms with Crippen LogP contribution < -0.4 is 4.74 Å². The summed E-state index contributed by atoms with van der Waals surface area (Å²) in [5.41, 5.74) is 0. The summed E-state index contributed by atoms with van der Waals surface area (Å²) in [5.74, 6) is -0.535. The second kappa shape index (κ2) is 4.40. The van der Waals surface area contributed by atoms with Crippen molar-refractivity contribution in [1.29, 1.82) is 0 Å². The van der Waals surface area contributed by atoms with Gasteiger partial charge in [0, 0.05) is 10.5 Å². The van der Waals surface area contributed by atoms with Gasteiger partial charge in [-0.25, -0.2) is 4.79 Å². The highest BCUT2D eigenvalue weighted by atomic mass is 79.9. The van der Waals surface area contributed by atoms with Crippen molar-refractivity contribution in [3.05, 3.63) is 46.6 Å². The van der Waals surface area contributed by atoms with Gasteiger partial charge in [0.2, 0.25) is 5.76 Å². The van der Waals surface area contributed by atoms with Crippen molar-refractivity contribution in [2.24, 2.45) is 0 Å². The molecule has 2 aromatic rings. The van der Waals surface area contributed by atoms with E-state index in [2.05, 4.69) is 15.9 Å². The third-order valence-electron chi connectivity index (χ3n) is 1.82. The zero-order chi connectivity index (χ0) is 11.5. The Morgan fingerprint density at radius 1 is 1.19 bits per heavy atom. The van der Waals surface area contributed by atoms with E-state index < -0.39 is 5.97 Å². The Labute approximate surface area is 99.6 Å². The topological polar surface area (TPSA) is 59.7 Å². The molecular weight excluding hydrogens is 276 g/mol. The molecular formula is C11H7BrO4. The van der Waals surface area contributed by atoms with Crippen LogP contribution in [0.1, 0.15) is 10.6 Å². The summed E-state index contributed by atoms with van der Waals surface area (Å²) in [6.45, 7) is 0. The molecule has 0 amide bonds. The van der Waals surface area contributed by atoms with E-state index in [4.69, 9.17) is 14.3 Å². The molecule has 1 aromatic carbocycles. The molecule has 0 fully saturated rings. The first-order chi connectivity index (χ1) is 7.65. The van der Waals surface area contributed by atoms with E-state index in [-0.39, 0.29) is 11.7 Å². The van der Waals surface area contributed by atoms with Gasteiger partial charge in [-0.05, 0) is 30.3 Å². The van der Waals surface area contributed by atoms with Crippen LogP contribution in [0.2, 0.25) is 0 Å². The van der Waals surface area contributed by atoms with Gasteiger partial charge in [-0.3, -0.25) is 0 Å². The van der Waals surface area contributed by atoms with E-state index in [1.54, 1.807) is 12.1 Å². The maximum Gasteiger partial charge on any atom is 0.371 e.